The van der Waals surface area contributed by atoms with Gasteiger partial charge in [0.25, 0.3) is 0 Å². The maximum atomic E-state index is 5.90. The van der Waals surface area contributed by atoms with Crippen LogP contribution in [0.3, 0.4) is 0 Å². The van der Waals surface area contributed by atoms with Crippen LogP contribution in [0, 0.1) is 10.5 Å². The fourth-order valence-electron chi connectivity index (χ4n) is 3.04. The fourth-order valence-corrected chi connectivity index (χ4v) is 3.60. The molecule has 0 saturated carbocycles. The average Bonchev–Trinajstić information content (AvgIpc) is 2.67. The Morgan fingerprint density at radius 1 is 0.885 bits per heavy atom. The molecule has 0 unspecified atom stereocenters. The lowest BCUT2D eigenvalue weighted by molar-refractivity contribution is 0.289. The smallest absolute Gasteiger partial charge is 0.161 e. The molecule has 3 heteroatoms. The number of anilines is 1. The van der Waals surface area contributed by atoms with Crippen molar-refractivity contribution in [3.05, 3.63) is 92.6 Å². The van der Waals surface area contributed by atoms with Gasteiger partial charge in [-0.05, 0) is 71.0 Å². The van der Waals surface area contributed by atoms with Crippen molar-refractivity contribution in [2.45, 2.75) is 13.5 Å². The van der Waals surface area contributed by atoms with E-state index in [0.29, 0.717) is 6.73 Å². The highest BCUT2D eigenvalue weighted by atomic mass is 127. The Balaban J connectivity index is 1.47. The van der Waals surface area contributed by atoms with E-state index in [-0.39, 0.29) is 0 Å². The number of ether oxygens (including phenoxy) is 1. The molecular weight excluding hydrogens is 433 g/mol. The van der Waals surface area contributed by atoms with Gasteiger partial charge in [-0.2, -0.15) is 0 Å². The molecular formula is C23H20INO. The molecule has 0 atom stereocenters. The molecule has 2 nitrogen and oxygen atoms in total. The van der Waals surface area contributed by atoms with E-state index in [1.54, 1.807) is 0 Å². The summed E-state index contributed by atoms with van der Waals surface area (Å²) in [5.74, 6) is 0.999. The van der Waals surface area contributed by atoms with Crippen LogP contribution in [-0.2, 0) is 6.54 Å². The maximum Gasteiger partial charge on any atom is 0.161 e. The van der Waals surface area contributed by atoms with Crippen LogP contribution in [0.2, 0.25) is 0 Å². The summed E-state index contributed by atoms with van der Waals surface area (Å²) < 4.78 is 7.14. The fraction of sp³-hybridized carbons (Fsp3) is 0.130. The lowest BCUT2D eigenvalue weighted by Gasteiger charge is -2.31. The zero-order valence-electron chi connectivity index (χ0n) is 14.7. The van der Waals surface area contributed by atoms with Gasteiger partial charge in [0.1, 0.15) is 5.75 Å². The van der Waals surface area contributed by atoms with Gasteiger partial charge in [-0.25, -0.2) is 0 Å². The van der Waals surface area contributed by atoms with Crippen LogP contribution in [0.25, 0.3) is 12.2 Å². The van der Waals surface area contributed by atoms with E-state index in [9.17, 15) is 0 Å². The summed E-state index contributed by atoms with van der Waals surface area (Å²) in [5, 5.41) is 0. The monoisotopic (exact) mass is 453 g/mol. The summed E-state index contributed by atoms with van der Waals surface area (Å²) in [6.45, 7) is 3.58. The first-order valence-electron chi connectivity index (χ1n) is 8.68. The Bertz CT molecular complexity index is 929. The van der Waals surface area contributed by atoms with Crippen LogP contribution in [0.5, 0.6) is 5.75 Å². The largest absolute Gasteiger partial charge is 0.473 e. The molecule has 3 aromatic rings. The number of halogens is 1. The summed E-state index contributed by atoms with van der Waals surface area (Å²) in [6.07, 6.45) is 4.30. The molecule has 1 heterocycles. The molecule has 0 saturated heterocycles. The first-order valence-corrected chi connectivity index (χ1v) is 9.76. The third kappa shape index (κ3) is 3.93. The number of rotatable bonds is 3. The van der Waals surface area contributed by atoms with E-state index in [2.05, 4.69) is 113 Å². The van der Waals surface area contributed by atoms with Crippen LogP contribution >= 0.6 is 22.6 Å². The Morgan fingerprint density at radius 3 is 2.23 bits per heavy atom. The van der Waals surface area contributed by atoms with E-state index in [0.717, 1.165) is 12.3 Å². The number of fused-ring (bicyclic) bond motifs is 1. The topological polar surface area (TPSA) is 12.5 Å². The van der Waals surface area contributed by atoms with Crippen molar-refractivity contribution in [2.75, 3.05) is 11.6 Å². The van der Waals surface area contributed by atoms with Crippen molar-refractivity contribution in [3.63, 3.8) is 0 Å². The van der Waals surface area contributed by atoms with Crippen molar-refractivity contribution >= 4 is 40.4 Å². The summed E-state index contributed by atoms with van der Waals surface area (Å²) in [5.41, 5.74) is 6.12. The van der Waals surface area contributed by atoms with Gasteiger partial charge in [0, 0.05) is 21.4 Å². The van der Waals surface area contributed by atoms with Gasteiger partial charge in [-0.3, -0.25) is 0 Å². The molecule has 0 N–H and O–H groups in total. The molecule has 0 aliphatic carbocycles. The second-order valence-electron chi connectivity index (χ2n) is 6.56. The van der Waals surface area contributed by atoms with Crippen LogP contribution < -0.4 is 9.64 Å². The molecule has 0 spiro atoms. The summed E-state index contributed by atoms with van der Waals surface area (Å²) >= 11 is 2.35. The second kappa shape index (κ2) is 7.54. The average molecular weight is 453 g/mol. The maximum absolute atomic E-state index is 5.90. The Hall–Kier alpha value is -2.27. The minimum Gasteiger partial charge on any atom is -0.473 e. The number of hydrogen-bond donors (Lipinski definition) is 0. The van der Waals surface area contributed by atoms with Crippen LogP contribution in [0.1, 0.15) is 22.3 Å². The van der Waals surface area contributed by atoms with Gasteiger partial charge in [0.15, 0.2) is 6.73 Å². The predicted octanol–water partition coefficient (Wildman–Crippen LogP) is 6.13. The number of aryl methyl sites for hydroxylation is 1. The van der Waals surface area contributed by atoms with E-state index < -0.39 is 0 Å². The Morgan fingerprint density at radius 2 is 1.54 bits per heavy atom. The van der Waals surface area contributed by atoms with Gasteiger partial charge < -0.3 is 9.64 Å². The van der Waals surface area contributed by atoms with Crippen molar-refractivity contribution < 1.29 is 4.74 Å². The Kier molecular flexibility index (Phi) is 4.98. The normalized spacial score (nSPS) is 13.5. The standard InChI is InChI=1S/C23H20INO/c1-17-2-4-18(5-3-17)6-7-19-8-11-22(12-9-19)25-15-20-14-21(24)10-13-23(20)26-16-25/h2-14H,15-16H2,1H3/b7-6+. The lowest BCUT2D eigenvalue weighted by atomic mass is 10.1. The van der Waals surface area contributed by atoms with Crippen molar-refractivity contribution in [1.82, 2.24) is 0 Å². The molecule has 0 aromatic heterocycles. The highest BCUT2D eigenvalue weighted by Crippen LogP contribution is 2.29. The van der Waals surface area contributed by atoms with Gasteiger partial charge in [0.05, 0.1) is 0 Å². The third-order valence-corrected chi connectivity index (χ3v) is 5.23. The molecule has 3 aromatic carbocycles. The third-order valence-electron chi connectivity index (χ3n) is 4.56. The molecule has 130 valence electrons. The zero-order chi connectivity index (χ0) is 17.9. The summed E-state index contributed by atoms with van der Waals surface area (Å²) in [6, 6.07) is 23.5. The molecule has 0 radical (unpaired) electrons. The van der Waals surface area contributed by atoms with Gasteiger partial charge in [0.2, 0.25) is 0 Å². The Labute approximate surface area is 168 Å². The van der Waals surface area contributed by atoms with E-state index >= 15 is 0 Å². The molecule has 0 amide bonds. The van der Waals surface area contributed by atoms with E-state index in [1.165, 1.54) is 31.5 Å². The predicted molar refractivity (Wildman–Crippen MR) is 117 cm³/mol. The molecule has 26 heavy (non-hydrogen) atoms. The summed E-state index contributed by atoms with van der Waals surface area (Å²) in [7, 11) is 0. The molecule has 4 rings (SSSR count). The molecule has 0 fully saturated rings. The SMILES string of the molecule is Cc1ccc(/C=C/c2ccc(N3COc4ccc(I)cc4C3)cc2)cc1. The minimum atomic E-state index is 0.589. The van der Waals surface area contributed by atoms with Gasteiger partial charge in [-0.1, -0.05) is 54.1 Å². The van der Waals surface area contributed by atoms with Crippen LogP contribution in [0.15, 0.2) is 66.7 Å². The first kappa shape index (κ1) is 17.2. The molecule has 0 bridgehead atoms. The van der Waals surface area contributed by atoms with Crippen molar-refractivity contribution in [1.29, 1.82) is 0 Å². The van der Waals surface area contributed by atoms with Crippen molar-refractivity contribution in [3.8, 4) is 5.75 Å². The van der Waals surface area contributed by atoms with Crippen LogP contribution in [0.4, 0.5) is 5.69 Å². The lowest BCUT2D eigenvalue weighted by Crippen LogP contribution is -2.31. The molecule has 1 aliphatic rings. The second-order valence-corrected chi connectivity index (χ2v) is 7.80. The first-order chi connectivity index (χ1) is 12.7. The summed E-state index contributed by atoms with van der Waals surface area (Å²) in [4.78, 5) is 2.26. The minimum absolute atomic E-state index is 0.589. The molecule has 1 aliphatic heterocycles. The van der Waals surface area contributed by atoms with E-state index in [4.69, 9.17) is 4.74 Å². The van der Waals surface area contributed by atoms with Gasteiger partial charge >= 0.3 is 0 Å². The quantitative estimate of drug-likeness (QED) is 0.350. The van der Waals surface area contributed by atoms with Crippen molar-refractivity contribution in [2.24, 2.45) is 0 Å². The zero-order valence-corrected chi connectivity index (χ0v) is 16.8. The number of benzene rings is 3. The number of nitrogens with zero attached hydrogens (tertiary/aromatic N) is 1. The van der Waals surface area contributed by atoms with Gasteiger partial charge in [-0.15, -0.1) is 0 Å². The highest BCUT2D eigenvalue weighted by Gasteiger charge is 2.17. The van der Waals surface area contributed by atoms with Crippen LogP contribution in [-0.4, -0.2) is 6.73 Å². The number of hydrogen-bond acceptors (Lipinski definition) is 2. The van der Waals surface area contributed by atoms with E-state index in [1.807, 2.05) is 0 Å². The highest BCUT2D eigenvalue weighted by molar-refractivity contribution is 14.1.